The average Bonchev–Trinajstić information content (AvgIpc) is 3.50. The van der Waals surface area contributed by atoms with E-state index in [0.717, 1.165) is 18.0 Å². The van der Waals surface area contributed by atoms with E-state index in [0.29, 0.717) is 0 Å². The van der Waals surface area contributed by atoms with Crippen molar-refractivity contribution in [2.45, 2.75) is 31.8 Å². The van der Waals surface area contributed by atoms with Crippen LogP contribution in [0.5, 0.6) is 0 Å². The molecule has 1 atom stereocenters. The SMILES string of the molecule is NC(Cc1nccs1)c1ccc2[nH]c(CN3CCCC3)cc2c1-c1ccccc1. The van der Waals surface area contributed by atoms with Crippen LogP contribution in [0.4, 0.5) is 0 Å². The molecular formula is C24H26N4S. The number of H-pyrrole nitrogens is 1. The van der Waals surface area contributed by atoms with Gasteiger partial charge in [0.2, 0.25) is 0 Å². The summed E-state index contributed by atoms with van der Waals surface area (Å²) in [5.41, 5.74) is 12.8. The van der Waals surface area contributed by atoms with Gasteiger partial charge in [-0.05, 0) is 54.8 Å². The highest BCUT2D eigenvalue weighted by Crippen LogP contribution is 2.36. The van der Waals surface area contributed by atoms with Crippen LogP contribution in [0.2, 0.25) is 0 Å². The van der Waals surface area contributed by atoms with Crippen LogP contribution >= 0.6 is 11.3 Å². The Kier molecular flexibility index (Phi) is 5.19. The number of hydrogen-bond acceptors (Lipinski definition) is 4. The third-order valence-electron chi connectivity index (χ3n) is 5.82. The van der Waals surface area contributed by atoms with Crippen LogP contribution in [-0.4, -0.2) is 28.0 Å². The summed E-state index contributed by atoms with van der Waals surface area (Å²) < 4.78 is 0. The van der Waals surface area contributed by atoms with Gasteiger partial charge in [0.15, 0.2) is 0 Å². The van der Waals surface area contributed by atoms with Gasteiger partial charge in [0.05, 0.1) is 5.01 Å². The highest BCUT2D eigenvalue weighted by atomic mass is 32.1. The molecule has 4 aromatic rings. The number of likely N-dealkylation sites (tertiary alicyclic amines) is 1. The molecule has 3 N–H and O–H groups in total. The first-order valence-electron chi connectivity index (χ1n) is 10.3. The van der Waals surface area contributed by atoms with Crippen LogP contribution in [0.3, 0.4) is 0 Å². The average molecular weight is 403 g/mol. The lowest BCUT2D eigenvalue weighted by molar-refractivity contribution is 0.328. The summed E-state index contributed by atoms with van der Waals surface area (Å²) in [4.78, 5) is 10.6. The van der Waals surface area contributed by atoms with Gasteiger partial charge in [0.1, 0.15) is 0 Å². The summed E-state index contributed by atoms with van der Waals surface area (Å²) in [6.45, 7) is 3.39. The molecule has 0 bridgehead atoms. The zero-order valence-corrected chi connectivity index (χ0v) is 17.3. The van der Waals surface area contributed by atoms with Crippen molar-refractivity contribution in [1.29, 1.82) is 0 Å². The first-order chi connectivity index (χ1) is 14.3. The quantitative estimate of drug-likeness (QED) is 0.470. The Morgan fingerprint density at radius 3 is 2.69 bits per heavy atom. The Hall–Kier alpha value is -2.47. The fourth-order valence-corrected chi connectivity index (χ4v) is 5.11. The van der Waals surface area contributed by atoms with Gasteiger partial charge in [-0.3, -0.25) is 4.90 Å². The van der Waals surface area contributed by atoms with E-state index in [1.807, 2.05) is 11.6 Å². The fraction of sp³-hybridized carbons (Fsp3) is 0.292. The molecule has 1 unspecified atom stereocenters. The summed E-state index contributed by atoms with van der Waals surface area (Å²) in [5.74, 6) is 0. The molecule has 0 saturated carbocycles. The molecule has 0 amide bonds. The first-order valence-corrected chi connectivity index (χ1v) is 11.2. The van der Waals surface area contributed by atoms with Crippen molar-refractivity contribution in [2.24, 2.45) is 5.73 Å². The largest absolute Gasteiger partial charge is 0.357 e. The van der Waals surface area contributed by atoms with Crippen LogP contribution in [0, 0.1) is 0 Å². The third-order valence-corrected chi connectivity index (χ3v) is 6.63. The number of benzene rings is 2. The predicted octanol–water partition coefficient (Wildman–Crippen LogP) is 5.13. The second-order valence-corrected chi connectivity index (χ2v) is 8.85. The molecule has 1 aliphatic rings. The van der Waals surface area contributed by atoms with Gasteiger partial charge in [-0.1, -0.05) is 36.4 Å². The zero-order valence-electron chi connectivity index (χ0n) is 16.5. The number of fused-ring (bicyclic) bond motifs is 1. The normalized spacial score (nSPS) is 15.9. The van der Waals surface area contributed by atoms with Gasteiger partial charge in [-0.25, -0.2) is 4.98 Å². The van der Waals surface area contributed by atoms with E-state index in [2.05, 4.69) is 63.4 Å². The van der Waals surface area contributed by atoms with Gasteiger partial charge >= 0.3 is 0 Å². The molecule has 2 aromatic carbocycles. The van der Waals surface area contributed by atoms with Gasteiger partial charge in [0.25, 0.3) is 0 Å². The van der Waals surface area contributed by atoms with E-state index < -0.39 is 0 Å². The molecule has 0 aliphatic carbocycles. The number of rotatable bonds is 6. The summed E-state index contributed by atoms with van der Waals surface area (Å²) in [7, 11) is 0. The Labute approximate surface area is 175 Å². The molecule has 148 valence electrons. The first kappa shape index (κ1) is 18.6. The number of nitrogens with one attached hydrogen (secondary N) is 1. The zero-order chi connectivity index (χ0) is 19.6. The second kappa shape index (κ2) is 8.11. The highest BCUT2D eigenvalue weighted by Gasteiger charge is 2.19. The minimum Gasteiger partial charge on any atom is -0.357 e. The Balaban J connectivity index is 1.58. The van der Waals surface area contributed by atoms with Gasteiger partial charge in [-0.2, -0.15) is 0 Å². The van der Waals surface area contributed by atoms with Crippen LogP contribution in [0.1, 0.15) is 35.1 Å². The molecule has 0 radical (unpaired) electrons. The Bertz CT molecular complexity index is 1080. The monoisotopic (exact) mass is 402 g/mol. The molecule has 5 rings (SSSR count). The summed E-state index contributed by atoms with van der Waals surface area (Å²) in [6.07, 6.45) is 5.23. The third kappa shape index (κ3) is 3.86. The molecule has 3 heterocycles. The number of nitrogens with zero attached hydrogens (tertiary/aromatic N) is 2. The molecule has 29 heavy (non-hydrogen) atoms. The molecule has 1 saturated heterocycles. The van der Waals surface area contributed by atoms with Crippen molar-refractivity contribution in [3.8, 4) is 11.1 Å². The number of aromatic amines is 1. The summed E-state index contributed by atoms with van der Waals surface area (Å²) in [5, 5.41) is 4.36. The smallest absolute Gasteiger partial charge is 0.0943 e. The maximum absolute atomic E-state index is 6.70. The minimum atomic E-state index is -0.0855. The van der Waals surface area contributed by atoms with Gasteiger partial charge in [-0.15, -0.1) is 11.3 Å². The highest BCUT2D eigenvalue weighted by molar-refractivity contribution is 7.09. The topological polar surface area (TPSA) is 57.9 Å². The Morgan fingerprint density at radius 1 is 1.10 bits per heavy atom. The molecule has 2 aromatic heterocycles. The van der Waals surface area contributed by atoms with Crippen LogP contribution < -0.4 is 5.73 Å². The lowest BCUT2D eigenvalue weighted by atomic mass is 9.91. The molecule has 5 heteroatoms. The van der Waals surface area contributed by atoms with E-state index in [1.165, 1.54) is 59.2 Å². The lowest BCUT2D eigenvalue weighted by Crippen LogP contribution is -2.18. The van der Waals surface area contributed by atoms with E-state index in [1.54, 1.807) is 11.3 Å². The van der Waals surface area contributed by atoms with Crippen molar-refractivity contribution in [3.05, 3.63) is 76.4 Å². The predicted molar refractivity (Wildman–Crippen MR) is 121 cm³/mol. The van der Waals surface area contributed by atoms with Crippen molar-refractivity contribution >= 4 is 22.2 Å². The minimum absolute atomic E-state index is 0.0855. The maximum atomic E-state index is 6.70. The number of aromatic nitrogens is 2. The van der Waals surface area contributed by atoms with E-state index >= 15 is 0 Å². The standard InChI is InChI=1S/C24H26N4S/c25-21(15-23-26-10-13-29-23)19-8-9-22-20(24(19)17-6-2-1-3-7-17)14-18(27-22)16-28-11-4-5-12-28/h1-3,6-10,13-14,21,27H,4-5,11-12,15-16,25H2. The van der Waals surface area contributed by atoms with Crippen molar-refractivity contribution in [3.63, 3.8) is 0 Å². The summed E-state index contributed by atoms with van der Waals surface area (Å²) >= 11 is 1.67. The second-order valence-electron chi connectivity index (χ2n) is 7.87. The van der Waals surface area contributed by atoms with E-state index in [4.69, 9.17) is 5.73 Å². The van der Waals surface area contributed by atoms with E-state index in [-0.39, 0.29) is 6.04 Å². The van der Waals surface area contributed by atoms with Crippen molar-refractivity contribution < 1.29 is 0 Å². The summed E-state index contributed by atoms with van der Waals surface area (Å²) in [6, 6.07) is 17.3. The maximum Gasteiger partial charge on any atom is 0.0943 e. The van der Waals surface area contributed by atoms with Crippen LogP contribution in [-0.2, 0) is 13.0 Å². The molecule has 1 fully saturated rings. The number of nitrogens with two attached hydrogens (primary N) is 1. The van der Waals surface area contributed by atoms with Gasteiger partial charge < -0.3 is 10.7 Å². The Morgan fingerprint density at radius 2 is 1.93 bits per heavy atom. The molecular weight excluding hydrogens is 376 g/mol. The molecule has 4 nitrogen and oxygen atoms in total. The lowest BCUT2D eigenvalue weighted by Gasteiger charge is -2.17. The van der Waals surface area contributed by atoms with Crippen molar-refractivity contribution in [2.75, 3.05) is 13.1 Å². The number of hydrogen-bond donors (Lipinski definition) is 2. The van der Waals surface area contributed by atoms with E-state index in [9.17, 15) is 0 Å². The number of thiazole rings is 1. The van der Waals surface area contributed by atoms with Crippen LogP contribution in [0.25, 0.3) is 22.0 Å². The molecule has 0 spiro atoms. The van der Waals surface area contributed by atoms with Crippen LogP contribution in [0.15, 0.2) is 60.1 Å². The van der Waals surface area contributed by atoms with Gasteiger partial charge in [0, 0.05) is 47.2 Å². The fourth-order valence-electron chi connectivity index (χ4n) is 4.43. The van der Waals surface area contributed by atoms with Crippen molar-refractivity contribution in [1.82, 2.24) is 14.9 Å². The molecule has 1 aliphatic heterocycles.